The largest absolute Gasteiger partial charge is 0.462 e. The molecular formula is C17H11N3O4S2. The number of hydrogen-bond donors (Lipinski definition) is 0. The van der Waals surface area contributed by atoms with Crippen molar-refractivity contribution < 1.29 is 18.3 Å². The van der Waals surface area contributed by atoms with Crippen molar-refractivity contribution in [2.45, 2.75) is 11.0 Å². The maximum absolute atomic E-state index is 5.73. The summed E-state index contributed by atoms with van der Waals surface area (Å²) in [4.78, 5) is 4.56. The first-order chi connectivity index (χ1) is 12.8. The lowest BCUT2D eigenvalue weighted by atomic mass is 10.2. The molecule has 0 bridgehead atoms. The standard InChI is InChI=1S/C17H11N3O4S2/c1-2-13(21-5-1)16-18-11(7-25-16)8-26-17-20-19-15(24-17)10-3-4-12-14(6-10)23-9-22-12/h1-7H,8-9H2. The molecule has 4 aromatic rings. The molecule has 4 heterocycles. The molecule has 0 aliphatic carbocycles. The van der Waals surface area contributed by atoms with E-state index < -0.39 is 0 Å². The maximum atomic E-state index is 5.73. The summed E-state index contributed by atoms with van der Waals surface area (Å²) in [6.07, 6.45) is 1.64. The van der Waals surface area contributed by atoms with Gasteiger partial charge in [0.2, 0.25) is 12.7 Å². The Morgan fingerprint density at radius 2 is 2.08 bits per heavy atom. The number of benzene rings is 1. The summed E-state index contributed by atoms with van der Waals surface area (Å²) in [6, 6.07) is 9.28. The van der Waals surface area contributed by atoms with E-state index in [9.17, 15) is 0 Å². The molecule has 26 heavy (non-hydrogen) atoms. The van der Waals surface area contributed by atoms with Crippen molar-refractivity contribution in [3.05, 3.63) is 47.7 Å². The second kappa shape index (κ2) is 6.50. The molecule has 1 aliphatic heterocycles. The van der Waals surface area contributed by atoms with Gasteiger partial charge in [-0.25, -0.2) is 4.98 Å². The molecule has 5 rings (SSSR count). The number of hydrogen-bond acceptors (Lipinski definition) is 9. The highest BCUT2D eigenvalue weighted by Crippen LogP contribution is 2.36. The molecule has 0 radical (unpaired) electrons. The molecule has 1 aliphatic rings. The monoisotopic (exact) mass is 385 g/mol. The van der Waals surface area contributed by atoms with Crippen LogP contribution in [0.5, 0.6) is 11.5 Å². The molecule has 130 valence electrons. The van der Waals surface area contributed by atoms with Gasteiger partial charge in [-0.15, -0.1) is 21.5 Å². The van der Waals surface area contributed by atoms with E-state index in [0.29, 0.717) is 22.6 Å². The first-order valence-corrected chi connectivity index (χ1v) is 9.56. The molecule has 0 atom stereocenters. The Hall–Kier alpha value is -2.78. The predicted octanol–water partition coefficient (Wildman–Crippen LogP) is 4.47. The Kier molecular flexibility index (Phi) is 3.87. The van der Waals surface area contributed by atoms with Crippen LogP contribution in [0.1, 0.15) is 5.69 Å². The molecular weight excluding hydrogens is 374 g/mol. The second-order valence-corrected chi connectivity index (χ2v) is 7.14. The topological polar surface area (TPSA) is 83.4 Å². The molecule has 0 fully saturated rings. The predicted molar refractivity (Wildman–Crippen MR) is 95.2 cm³/mol. The third kappa shape index (κ3) is 2.95. The summed E-state index contributed by atoms with van der Waals surface area (Å²) in [5, 5.41) is 11.5. The van der Waals surface area contributed by atoms with Gasteiger partial charge in [-0.2, -0.15) is 0 Å². The number of rotatable bonds is 5. The van der Waals surface area contributed by atoms with E-state index in [1.807, 2.05) is 35.7 Å². The van der Waals surface area contributed by atoms with Crippen molar-refractivity contribution in [3.8, 4) is 33.7 Å². The SMILES string of the molecule is c1coc(-c2nc(CSc3nnc(-c4ccc5c(c4)OCO5)o3)cs2)c1. The highest BCUT2D eigenvalue weighted by Gasteiger charge is 2.17. The zero-order valence-corrected chi connectivity index (χ0v) is 14.9. The zero-order chi connectivity index (χ0) is 17.3. The summed E-state index contributed by atoms with van der Waals surface area (Å²) in [6.45, 7) is 0.233. The summed E-state index contributed by atoms with van der Waals surface area (Å²) in [7, 11) is 0. The first-order valence-electron chi connectivity index (χ1n) is 7.70. The van der Waals surface area contributed by atoms with E-state index in [-0.39, 0.29) is 6.79 Å². The molecule has 1 aromatic carbocycles. The van der Waals surface area contributed by atoms with Crippen LogP contribution in [0.3, 0.4) is 0 Å². The molecule has 0 saturated heterocycles. The molecule has 7 nitrogen and oxygen atoms in total. The Balaban J connectivity index is 1.27. The zero-order valence-electron chi connectivity index (χ0n) is 13.2. The fourth-order valence-electron chi connectivity index (χ4n) is 2.44. The van der Waals surface area contributed by atoms with Crippen LogP contribution in [0.15, 0.2) is 56.0 Å². The number of thioether (sulfide) groups is 1. The Labute approximate surface area is 156 Å². The summed E-state index contributed by atoms with van der Waals surface area (Å²) in [5.41, 5.74) is 1.73. The molecule has 0 N–H and O–H groups in total. The van der Waals surface area contributed by atoms with Gasteiger partial charge >= 0.3 is 0 Å². The van der Waals surface area contributed by atoms with E-state index in [1.54, 1.807) is 17.6 Å². The lowest BCUT2D eigenvalue weighted by Gasteiger charge is -1.98. The molecule has 0 spiro atoms. The van der Waals surface area contributed by atoms with Crippen LogP contribution >= 0.6 is 23.1 Å². The van der Waals surface area contributed by atoms with Gasteiger partial charge < -0.3 is 18.3 Å². The minimum Gasteiger partial charge on any atom is -0.462 e. The molecule has 0 amide bonds. The number of furan rings is 1. The van der Waals surface area contributed by atoms with Gasteiger partial charge in [0.25, 0.3) is 5.22 Å². The van der Waals surface area contributed by atoms with Gasteiger partial charge in [0.05, 0.1) is 12.0 Å². The number of thiazole rings is 1. The van der Waals surface area contributed by atoms with Crippen molar-refractivity contribution in [2.24, 2.45) is 0 Å². The minimum absolute atomic E-state index is 0.233. The Morgan fingerprint density at radius 1 is 1.12 bits per heavy atom. The van der Waals surface area contributed by atoms with Gasteiger partial charge in [0, 0.05) is 16.7 Å². The number of ether oxygens (including phenoxy) is 2. The molecule has 9 heteroatoms. The van der Waals surface area contributed by atoms with Crippen molar-refractivity contribution in [1.82, 2.24) is 15.2 Å². The Bertz CT molecular complexity index is 1040. The number of fused-ring (bicyclic) bond motifs is 1. The molecule has 0 unspecified atom stereocenters. The Morgan fingerprint density at radius 3 is 3.00 bits per heavy atom. The maximum Gasteiger partial charge on any atom is 0.277 e. The van der Waals surface area contributed by atoms with E-state index >= 15 is 0 Å². The van der Waals surface area contributed by atoms with Crippen LogP contribution in [0.4, 0.5) is 0 Å². The summed E-state index contributed by atoms with van der Waals surface area (Å²) < 4.78 is 21.8. The van der Waals surface area contributed by atoms with Gasteiger partial charge in [-0.1, -0.05) is 11.8 Å². The van der Waals surface area contributed by atoms with Gasteiger partial charge in [-0.05, 0) is 30.3 Å². The average molecular weight is 385 g/mol. The lowest BCUT2D eigenvalue weighted by Crippen LogP contribution is -1.92. The van der Waals surface area contributed by atoms with E-state index in [4.69, 9.17) is 18.3 Å². The van der Waals surface area contributed by atoms with Gasteiger partial charge in [-0.3, -0.25) is 0 Å². The van der Waals surface area contributed by atoms with Crippen molar-refractivity contribution in [2.75, 3.05) is 6.79 Å². The third-order valence-corrected chi connectivity index (χ3v) is 5.41. The highest BCUT2D eigenvalue weighted by molar-refractivity contribution is 7.98. The van der Waals surface area contributed by atoms with Crippen LogP contribution in [0.2, 0.25) is 0 Å². The summed E-state index contributed by atoms with van der Waals surface area (Å²) >= 11 is 2.99. The quantitative estimate of drug-likeness (QED) is 0.465. The van der Waals surface area contributed by atoms with E-state index in [2.05, 4.69) is 15.2 Å². The minimum atomic E-state index is 0.233. The second-order valence-electron chi connectivity index (χ2n) is 5.35. The smallest absolute Gasteiger partial charge is 0.277 e. The number of aromatic nitrogens is 3. The van der Waals surface area contributed by atoms with E-state index in [1.165, 1.54) is 11.8 Å². The van der Waals surface area contributed by atoms with Crippen LogP contribution in [-0.4, -0.2) is 22.0 Å². The molecule has 0 saturated carbocycles. The number of nitrogens with zero attached hydrogens (tertiary/aromatic N) is 3. The normalized spacial score (nSPS) is 12.6. The third-order valence-electron chi connectivity index (χ3n) is 3.65. The van der Waals surface area contributed by atoms with E-state index in [0.717, 1.165) is 27.8 Å². The van der Waals surface area contributed by atoms with Crippen molar-refractivity contribution in [3.63, 3.8) is 0 Å². The van der Waals surface area contributed by atoms with Crippen molar-refractivity contribution in [1.29, 1.82) is 0 Å². The van der Waals surface area contributed by atoms with Crippen LogP contribution in [0, 0.1) is 0 Å². The van der Waals surface area contributed by atoms with Crippen molar-refractivity contribution >= 4 is 23.1 Å². The fourth-order valence-corrected chi connectivity index (χ4v) is 3.98. The fraction of sp³-hybridized carbons (Fsp3) is 0.118. The van der Waals surface area contributed by atoms with Crippen LogP contribution in [-0.2, 0) is 5.75 Å². The van der Waals surface area contributed by atoms with Gasteiger partial charge in [0.15, 0.2) is 22.3 Å². The van der Waals surface area contributed by atoms with Crippen LogP contribution in [0.25, 0.3) is 22.2 Å². The first kappa shape index (κ1) is 15.5. The van der Waals surface area contributed by atoms with Crippen LogP contribution < -0.4 is 9.47 Å². The highest BCUT2D eigenvalue weighted by atomic mass is 32.2. The lowest BCUT2D eigenvalue weighted by molar-refractivity contribution is 0.174. The van der Waals surface area contributed by atoms with Gasteiger partial charge in [0.1, 0.15) is 0 Å². The summed E-state index contributed by atoms with van der Waals surface area (Å²) in [5.74, 6) is 3.26. The molecule has 3 aromatic heterocycles. The average Bonchev–Trinajstić information content (AvgIpc) is 3.47.